The molecule has 2 aromatic heterocycles. The molecule has 0 N–H and O–H groups in total. The summed E-state index contributed by atoms with van der Waals surface area (Å²) in [6.45, 7) is 4.54. The van der Waals surface area contributed by atoms with Gasteiger partial charge in [-0.3, -0.25) is 4.98 Å². The maximum atomic E-state index is 4.97. The van der Waals surface area contributed by atoms with E-state index in [1.807, 2.05) is 66.9 Å². The summed E-state index contributed by atoms with van der Waals surface area (Å²) < 4.78 is 0. The molecule has 5 nitrogen and oxygen atoms in total. The molecule has 10 rings (SSSR count). The zero-order valence-corrected chi connectivity index (χ0v) is 32.9. The third-order valence-corrected chi connectivity index (χ3v) is 11.0. The van der Waals surface area contributed by atoms with Gasteiger partial charge < -0.3 is 0 Å². The van der Waals surface area contributed by atoms with E-state index in [-0.39, 0.29) is 0 Å². The number of aryl methyl sites for hydroxylation is 1. The quantitative estimate of drug-likeness (QED) is 0.108. The molecule has 1 aliphatic rings. The molecule has 0 radical (unpaired) electrons. The van der Waals surface area contributed by atoms with Crippen LogP contribution in [0.15, 0.2) is 195 Å². The molecule has 284 valence electrons. The van der Waals surface area contributed by atoms with Crippen molar-refractivity contribution in [1.82, 2.24) is 24.9 Å². The Morgan fingerprint density at radius 2 is 1.17 bits per heavy atom. The van der Waals surface area contributed by atoms with Crippen molar-refractivity contribution in [3.05, 3.63) is 223 Å². The van der Waals surface area contributed by atoms with Crippen molar-refractivity contribution in [3.63, 3.8) is 0 Å². The van der Waals surface area contributed by atoms with Gasteiger partial charge in [0.05, 0.1) is 23.3 Å². The number of allylic oxidation sites excluding steroid dienone is 5. The average molecular weight is 770 g/mol. The maximum Gasteiger partial charge on any atom is 0.164 e. The van der Waals surface area contributed by atoms with Gasteiger partial charge in [-0.25, -0.2) is 19.9 Å². The molecule has 0 atom stereocenters. The molecular formula is C55H39N5. The van der Waals surface area contributed by atoms with Gasteiger partial charge in [-0.05, 0) is 80.4 Å². The van der Waals surface area contributed by atoms with E-state index in [0.717, 1.165) is 68.9 Å². The first-order valence-electron chi connectivity index (χ1n) is 20.2. The lowest BCUT2D eigenvalue weighted by molar-refractivity contribution is 0.905. The van der Waals surface area contributed by atoms with Crippen LogP contribution in [0.3, 0.4) is 0 Å². The van der Waals surface area contributed by atoms with Crippen molar-refractivity contribution in [1.29, 1.82) is 0 Å². The molecule has 0 saturated heterocycles. The number of rotatable bonds is 9. The van der Waals surface area contributed by atoms with E-state index in [0.29, 0.717) is 23.0 Å². The van der Waals surface area contributed by atoms with Crippen LogP contribution in [-0.2, 0) is 6.42 Å². The van der Waals surface area contributed by atoms with Crippen LogP contribution in [-0.4, -0.2) is 24.9 Å². The van der Waals surface area contributed by atoms with Gasteiger partial charge in [0, 0.05) is 22.3 Å². The molecule has 0 amide bonds. The summed E-state index contributed by atoms with van der Waals surface area (Å²) in [5.41, 5.74) is 11.9. The van der Waals surface area contributed by atoms with Crippen LogP contribution in [0.4, 0.5) is 0 Å². The highest BCUT2D eigenvalue weighted by Crippen LogP contribution is 2.37. The lowest BCUT2D eigenvalue weighted by atomic mass is 9.91. The highest BCUT2D eigenvalue weighted by molar-refractivity contribution is 6.12. The molecule has 0 unspecified atom stereocenters. The standard InChI is InChI=1S/C55H39N5/c1-37(53-58-54(42-14-4-2-5-15-42)60-55(59-53)43-16-6-3-7-17-43)34-44(29-26-38-24-27-40(28-25-38)51-36-56-49-22-12-13-23-50(49)57-51)39-30-32-41(33-31-39)52-47-20-10-8-18-45(47)35-46-19-9-11-21-48(46)52/h2-12,14-22,24-36H,1,13,23H2/b29-26+,44-34+. The van der Waals surface area contributed by atoms with E-state index in [1.54, 1.807) is 0 Å². The van der Waals surface area contributed by atoms with E-state index in [2.05, 4.69) is 145 Å². The van der Waals surface area contributed by atoms with Crippen LogP contribution in [0.25, 0.3) is 90.0 Å². The van der Waals surface area contributed by atoms with E-state index in [4.69, 9.17) is 19.9 Å². The molecular weight excluding hydrogens is 731 g/mol. The molecule has 0 fully saturated rings. The Bertz CT molecular complexity index is 3020. The second kappa shape index (κ2) is 16.2. The fraction of sp³-hybridized carbons (Fsp3) is 0.0364. The molecule has 0 saturated carbocycles. The molecule has 0 aliphatic heterocycles. The minimum atomic E-state index is 0.512. The molecule has 5 heteroatoms. The first kappa shape index (κ1) is 36.5. The predicted molar refractivity (Wildman–Crippen MR) is 248 cm³/mol. The van der Waals surface area contributed by atoms with Crippen molar-refractivity contribution >= 4 is 44.8 Å². The summed E-state index contributed by atoms with van der Waals surface area (Å²) in [7, 11) is 0. The third kappa shape index (κ3) is 7.48. The van der Waals surface area contributed by atoms with Gasteiger partial charge in [0.15, 0.2) is 17.5 Å². The van der Waals surface area contributed by atoms with Gasteiger partial charge in [-0.2, -0.15) is 0 Å². The van der Waals surface area contributed by atoms with E-state index >= 15 is 0 Å². The number of fused-ring (bicyclic) bond motifs is 3. The Balaban J connectivity index is 1.05. The number of hydrogen-bond acceptors (Lipinski definition) is 5. The largest absolute Gasteiger partial charge is 0.253 e. The fourth-order valence-corrected chi connectivity index (χ4v) is 7.85. The molecule has 0 bridgehead atoms. The van der Waals surface area contributed by atoms with E-state index in [1.165, 1.54) is 27.1 Å². The first-order chi connectivity index (χ1) is 29.6. The summed E-state index contributed by atoms with van der Waals surface area (Å²) in [5.74, 6) is 1.70. The second-order valence-corrected chi connectivity index (χ2v) is 14.9. The van der Waals surface area contributed by atoms with Crippen LogP contribution in [0.1, 0.15) is 34.8 Å². The number of hydrogen-bond donors (Lipinski definition) is 0. The van der Waals surface area contributed by atoms with Crippen molar-refractivity contribution in [3.8, 4) is 45.2 Å². The Morgan fingerprint density at radius 1 is 0.567 bits per heavy atom. The van der Waals surface area contributed by atoms with Crippen LogP contribution in [0, 0.1) is 0 Å². The van der Waals surface area contributed by atoms with Gasteiger partial charge in [0.25, 0.3) is 0 Å². The van der Waals surface area contributed by atoms with Crippen LogP contribution >= 0.6 is 0 Å². The zero-order valence-electron chi connectivity index (χ0n) is 32.9. The molecule has 9 aromatic rings. The highest BCUT2D eigenvalue weighted by atomic mass is 15.0. The molecule has 2 heterocycles. The maximum absolute atomic E-state index is 4.97. The van der Waals surface area contributed by atoms with Crippen molar-refractivity contribution in [2.45, 2.75) is 12.8 Å². The summed E-state index contributed by atoms with van der Waals surface area (Å²) >= 11 is 0. The number of aromatic nitrogens is 5. The van der Waals surface area contributed by atoms with Gasteiger partial charge in [-0.1, -0.05) is 183 Å². The SMILES string of the molecule is C=C(/C=C(\C=C\c1ccc(-c2cnc3c(n2)CCC=C3)cc1)c1ccc(-c2c3ccccc3cc3ccccc23)cc1)c1nc(-c2ccccc2)nc(-c2ccccc2)n1. The van der Waals surface area contributed by atoms with Crippen molar-refractivity contribution in [2.75, 3.05) is 0 Å². The van der Waals surface area contributed by atoms with Crippen LogP contribution < -0.4 is 0 Å². The predicted octanol–water partition coefficient (Wildman–Crippen LogP) is 13.4. The molecule has 1 aliphatic carbocycles. The summed E-state index contributed by atoms with van der Waals surface area (Å²) in [6.07, 6.45) is 14.3. The van der Waals surface area contributed by atoms with Gasteiger partial charge in [-0.15, -0.1) is 0 Å². The lowest BCUT2D eigenvalue weighted by Crippen LogP contribution is -2.02. The average Bonchev–Trinajstić information content (AvgIpc) is 3.32. The number of nitrogens with zero attached hydrogens (tertiary/aromatic N) is 5. The first-order valence-corrected chi connectivity index (χ1v) is 20.2. The van der Waals surface area contributed by atoms with Crippen LogP contribution in [0.5, 0.6) is 0 Å². The van der Waals surface area contributed by atoms with Gasteiger partial charge >= 0.3 is 0 Å². The molecule has 0 spiro atoms. The lowest BCUT2D eigenvalue weighted by Gasteiger charge is -2.13. The Hall–Kier alpha value is -7.89. The summed E-state index contributed by atoms with van der Waals surface area (Å²) in [4.78, 5) is 24.4. The van der Waals surface area contributed by atoms with Crippen molar-refractivity contribution < 1.29 is 0 Å². The van der Waals surface area contributed by atoms with E-state index < -0.39 is 0 Å². The van der Waals surface area contributed by atoms with Gasteiger partial charge in [0.2, 0.25) is 0 Å². The second-order valence-electron chi connectivity index (χ2n) is 14.9. The highest BCUT2D eigenvalue weighted by Gasteiger charge is 2.15. The molecule has 7 aromatic carbocycles. The summed E-state index contributed by atoms with van der Waals surface area (Å²) in [6, 6.07) is 56.9. The Labute approximate surface area is 349 Å². The smallest absolute Gasteiger partial charge is 0.164 e. The topological polar surface area (TPSA) is 64.5 Å². The van der Waals surface area contributed by atoms with Crippen LogP contribution in [0.2, 0.25) is 0 Å². The zero-order chi connectivity index (χ0) is 40.3. The van der Waals surface area contributed by atoms with E-state index in [9.17, 15) is 0 Å². The summed E-state index contributed by atoms with van der Waals surface area (Å²) in [5, 5.41) is 4.90. The van der Waals surface area contributed by atoms with Crippen molar-refractivity contribution in [2.24, 2.45) is 0 Å². The normalized spacial score (nSPS) is 12.6. The molecule has 60 heavy (non-hydrogen) atoms. The third-order valence-electron chi connectivity index (χ3n) is 11.0. The Kier molecular flexibility index (Phi) is 9.82. The minimum absolute atomic E-state index is 0.512. The fourth-order valence-electron chi connectivity index (χ4n) is 7.85. The van der Waals surface area contributed by atoms with Gasteiger partial charge in [0.1, 0.15) is 0 Å². The Morgan fingerprint density at radius 3 is 1.82 bits per heavy atom. The monoisotopic (exact) mass is 769 g/mol. The minimum Gasteiger partial charge on any atom is -0.253 e. The number of benzene rings is 7.